The molecule has 0 aromatic heterocycles. The van der Waals surface area contributed by atoms with Gasteiger partial charge in [-0.2, -0.15) is 0 Å². The number of rotatable bonds is 2. The first kappa shape index (κ1) is 13.3. The number of phenols is 1. The molecule has 3 unspecified atom stereocenters. The minimum Gasteiger partial charge on any atom is -0.508 e. The number of benzene rings is 1. The Bertz CT molecular complexity index is 424. The molecule has 1 aromatic carbocycles. The van der Waals surface area contributed by atoms with Crippen LogP contribution >= 0.6 is 0 Å². The number of hydrogen-bond acceptors (Lipinski definition) is 3. The third-order valence-corrected chi connectivity index (χ3v) is 3.59. The van der Waals surface area contributed by atoms with Crippen LogP contribution < -0.4 is 0 Å². The van der Waals surface area contributed by atoms with Gasteiger partial charge in [-0.25, -0.2) is 4.39 Å². The van der Waals surface area contributed by atoms with Crippen LogP contribution in [0.15, 0.2) is 18.2 Å². The molecule has 3 nitrogen and oxygen atoms in total. The molecule has 0 aliphatic carbocycles. The number of ether oxygens (including phenoxy) is 1. The SMILES string of the molecule is CC1CN(C(C)c2ccc(O)cc2F)C(C)CO1. The van der Waals surface area contributed by atoms with E-state index in [2.05, 4.69) is 11.8 Å². The van der Waals surface area contributed by atoms with Crippen LogP contribution in [-0.4, -0.2) is 35.3 Å². The highest BCUT2D eigenvalue weighted by Gasteiger charge is 2.29. The number of morpholine rings is 1. The summed E-state index contributed by atoms with van der Waals surface area (Å²) < 4.78 is 19.4. The largest absolute Gasteiger partial charge is 0.508 e. The maximum atomic E-state index is 13.9. The minimum atomic E-state index is -0.353. The van der Waals surface area contributed by atoms with Crippen LogP contribution in [0.4, 0.5) is 4.39 Å². The third kappa shape index (κ3) is 2.65. The van der Waals surface area contributed by atoms with Gasteiger partial charge in [-0.15, -0.1) is 0 Å². The lowest BCUT2D eigenvalue weighted by Gasteiger charge is -2.40. The van der Waals surface area contributed by atoms with Crippen LogP contribution in [0, 0.1) is 5.82 Å². The zero-order chi connectivity index (χ0) is 13.3. The number of hydrogen-bond donors (Lipinski definition) is 1. The van der Waals surface area contributed by atoms with E-state index in [1.807, 2.05) is 13.8 Å². The van der Waals surface area contributed by atoms with E-state index in [9.17, 15) is 9.50 Å². The number of aromatic hydroxyl groups is 1. The van der Waals surface area contributed by atoms with Gasteiger partial charge in [0.05, 0.1) is 12.7 Å². The fourth-order valence-electron chi connectivity index (χ4n) is 2.50. The van der Waals surface area contributed by atoms with Crippen molar-refractivity contribution in [3.05, 3.63) is 29.6 Å². The van der Waals surface area contributed by atoms with Crippen molar-refractivity contribution in [2.75, 3.05) is 13.2 Å². The summed E-state index contributed by atoms with van der Waals surface area (Å²) >= 11 is 0. The molecule has 18 heavy (non-hydrogen) atoms. The zero-order valence-corrected chi connectivity index (χ0v) is 11.1. The highest BCUT2D eigenvalue weighted by molar-refractivity contribution is 5.29. The Labute approximate surface area is 107 Å². The molecule has 1 aromatic rings. The monoisotopic (exact) mass is 253 g/mol. The molecule has 0 radical (unpaired) electrons. The Kier molecular flexibility index (Phi) is 3.88. The lowest BCUT2D eigenvalue weighted by atomic mass is 10.0. The van der Waals surface area contributed by atoms with E-state index in [-0.39, 0.29) is 29.8 Å². The highest BCUT2D eigenvalue weighted by atomic mass is 19.1. The van der Waals surface area contributed by atoms with Crippen LogP contribution in [0.3, 0.4) is 0 Å². The van der Waals surface area contributed by atoms with Gasteiger partial charge >= 0.3 is 0 Å². The molecule has 1 saturated heterocycles. The van der Waals surface area contributed by atoms with Crippen LogP contribution in [0.5, 0.6) is 5.75 Å². The topological polar surface area (TPSA) is 32.7 Å². The predicted octanol–water partition coefficient (Wildman–Crippen LogP) is 2.70. The third-order valence-electron chi connectivity index (χ3n) is 3.59. The fourth-order valence-corrected chi connectivity index (χ4v) is 2.50. The quantitative estimate of drug-likeness (QED) is 0.879. The maximum Gasteiger partial charge on any atom is 0.131 e. The first-order valence-corrected chi connectivity index (χ1v) is 6.34. The average Bonchev–Trinajstić information content (AvgIpc) is 2.31. The second-order valence-corrected chi connectivity index (χ2v) is 5.07. The summed E-state index contributed by atoms with van der Waals surface area (Å²) in [5.41, 5.74) is 0.619. The lowest BCUT2D eigenvalue weighted by molar-refractivity contribution is -0.0644. The van der Waals surface area contributed by atoms with Gasteiger partial charge in [-0.05, 0) is 26.8 Å². The molecule has 0 spiro atoms. The Morgan fingerprint density at radius 1 is 1.44 bits per heavy atom. The van der Waals surface area contributed by atoms with Crippen LogP contribution in [-0.2, 0) is 4.74 Å². The maximum absolute atomic E-state index is 13.9. The van der Waals surface area contributed by atoms with E-state index in [1.54, 1.807) is 6.07 Å². The van der Waals surface area contributed by atoms with Gasteiger partial charge in [0.15, 0.2) is 0 Å². The standard InChI is InChI=1S/C14H20FNO2/c1-9-8-18-10(2)7-16(9)11(3)13-5-4-12(17)6-14(13)15/h4-6,9-11,17H,7-8H2,1-3H3. The summed E-state index contributed by atoms with van der Waals surface area (Å²) in [6.45, 7) is 7.57. The molecule has 1 aliphatic heterocycles. The lowest BCUT2D eigenvalue weighted by Crippen LogP contribution is -2.48. The summed E-state index contributed by atoms with van der Waals surface area (Å²) in [5, 5.41) is 9.25. The molecule has 3 atom stereocenters. The molecule has 0 amide bonds. The zero-order valence-electron chi connectivity index (χ0n) is 11.1. The van der Waals surface area contributed by atoms with Crippen molar-refractivity contribution >= 4 is 0 Å². The first-order chi connectivity index (χ1) is 8.49. The smallest absolute Gasteiger partial charge is 0.131 e. The van der Waals surface area contributed by atoms with Gasteiger partial charge in [-0.3, -0.25) is 4.90 Å². The molecular weight excluding hydrogens is 233 g/mol. The first-order valence-electron chi connectivity index (χ1n) is 6.34. The van der Waals surface area contributed by atoms with Crippen molar-refractivity contribution in [2.45, 2.75) is 39.0 Å². The molecule has 4 heteroatoms. The highest BCUT2D eigenvalue weighted by Crippen LogP contribution is 2.29. The Hall–Kier alpha value is -1.13. The summed E-state index contributed by atoms with van der Waals surface area (Å²) in [7, 11) is 0. The van der Waals surface area contributed by atoms with Crippen molar-refractivity contribution in [2.24, 2.45) is 0 Å². The average molecular weight is 253 g/mol. The van der Waals surface area contributed by atoms with E-state index in [4.69, 9.17) is 4.74 Å². The Morgan fingerprint density at radius 3 is 2.83 bits per heavy atom. The van der Waals surface area contributed by atoms with E-state index in [0.29, 0.717) is 12.2 Å². The number of phenolic OH excluding ortho intramolecular Hbond substituents is 1. The second-order valence-electron chi connectivity index (χ2n) is 5.07. The van der Waals surface area contributed by atoms with Gasteiger partial charge in [-0.1, -0.05) is 6.07 Å². The molecule has 0 saturated carbocycles. The van der Waals surface area contributed by atoms with E-state index in [1.165, 1.54) is 12.1 Å². The summed E-state index contributed by atoms with van der Waals surface area (Å²) in [6.07, 6.45) is 0.170. The van der Waals surface area contributed by atoms with Crippen molar-refractivity contribution in [1.29, 1.82) is 0 Å². The van der Waals surface area contributed by atoms with E-state index in [0.717, 1.165) is 6.54 Å². The fraction of sp³-hybridized carbons (Fsp3) is 0.571. The van der Waals surface area contributed by atoms with Crippen molar-refractivity contribution in [1.82, 2.24) is 4.90 Å². The molecule has 100 valence electrons. The summed E-state index contributed by atoms with van der Waals surface area (Å²) in [6, 6.07) is 4.60. The molecule has 0 bridgehead atoms. The van der Waals surface area contributed by atoms with Crippen LogP contribution in [0.1, 0.15) is 32.4 Å². The molecular formula is C14H20FNO2. The van der Waals surface area contributed by atoms with Crippen molar-refractivity contribution in [3.63, 3.8) is 0 Å². The molecule has 1 heterocycles. The Morgan fingerprint density at radius 2 is 2.17 bits per heavy atom. The van der Waals surface area contributed by atoms with Gasteiger partial charge in [0.2, 0.25) is 0 Å². The van der Waals surface area contributed by atoms with Gasteiger partial charge in [0.1, 0.15) is 11.6 Å². The molecule has 2 rings (SSSR count). The normalized spacial score (nSPS) is 27.1. The summed E-state index contributed by atoms with van der Waals surface area (Å²) in [4.78, 5) is 2.24. The van der Waals surface area contributed by atoms with Crippen molar-refractivity contribution in [3.8, 4) is 5.75 Å². The van der Waals surface area contributed by atoms with Crippen LogP contribution in [0.2, 0.25) is 0 Å². The van der Waals surface area contributed by atoms with E-state index >= 15 is 0 Å². The molecule has 1 N–H and O–H groups in total. The van der Waals surface area contributed by atoms with Crippen LogP contribution in [0.25, 0.3) is 0 Å². The van der Waals surface area contributed by atoms with Crippen molar-refractivity contribution < 1.29 is 14.2 Å². The van der Waals surface area contributed by atoms with Gasteiger partial charge in [0, 0.05) is 30.3 Å². The van der Waals surface area contributed by atoms with Gasteiger partial charge in [0.25, 0.3) is 0 Å². The van der Waals surface area contributed by atoms with E-state index < -0.39 is 0 Å². The number of nitrogens with zero attached hydrogens (tertiary/aromatic N) is 1. The summed E-state index contributed by atoms with van der Waals surface area (Å²) in [5.74, 6) is -0.388. The van der Waals surface area contributed by atoms with Gasteiger partial charge < -0.3 is 9.84 Å². The Balaban J connectivity index is 2.21. The number of halogens is 1. The minimum absolute atomic E-state index is 0.0213. The molecule has 1 aliphatic rings. The second kappa shape index (κ2) is 5.24. The molecule has 1 fully saturated rings. The predicted molar refractivity (Wildman–Crippen MR) is 68.1 cm³/mol.